The van der Waals surface area contributed by atoms with E-state index in [4.69, 9.17) is 14.6 Å². The van der Waals surface area contributed by atoms with Crippen molar-refractivity contribution < 1.29 is 24.2 Å². The number of carbonyl (C=O) groups excluding carboxylic acids is 1. The van der Waals surface area contributed by atoms with E-state index in [2.05, 4.69) is 5.32 Å². The molecule has 1 aromatic carbocycles. The molecule has 1 aromatic rings. The first-order chi connectivity index (χ1) is 9.97. The van der Waals surface area contributed by atoms with Crippen LogP contribution in [-0.4, -0.2) is 48.3 Å². The van der Waals surface area contributed by atoms with E-state index < -0.39 is 12.0 Å². The first kappa shape index (κ1) is 18.1. The molecule has 0 spiro atoms. The van der Waals surface area contributed by atoms with Gasteiger partial charge in [0, 0.05) is 18.3 Å². The van der Waals surface area contributed by atoms with Gasteiger partial charge in [0.05, 0.1) is 12.5 Å². The number of carbonyl (C=O) groups is 2. The summed E-state index contributed by atoms with van der Waals surface area (Å²) in [6.45, 7) is 2.22. The summed E-state index contributed by atoms with van der Waals surface area (Å²) in [5, 5.41) is 11.4. The molecule has 0 aromatic heterocycles. The molecular weight excluding hydrogens is 312 g/mol. The Hall–Kier alpha value is -1.99. The number of ether oxygens (including phenoxy) is 2. The van der Waals surface area contributed by atoms with E-state index in [1.54, 1.807) is 37.1 Å². The van der Waals surface area contributed by atoms with Crippen LogP contribution in [0.3, 0.4) is 0 Å². The van der Waals surface area contributed by atoms with Crippen molar-refractivity contribution in [2.24, 2.45) is 0 Å². The second kappa shape index (κ2) is 7.86. The molecule has 1 heterocycles. The number of halogens is 1. The Balaban J connectivity index is 0.00000242. The highest BCUT2D eigenvalue weighted by Crippen LogP contribution is 2.34. The molecule has 0 bridgehead atoms. The predicted octanol–water partition coefficient (Wildman–Crippen LogP) is 1.57. The maximum atomic E-state index is 12.1. The number of aliphatic carboxylic acids is 1. The van der Waals surface area contributed by atoms with Crippen molar-refractivity contribution in [3.05, 3.63) is 18.2 Å². The Kier molecular flexibility index (Phi) is 6.45. The fourth-order valence-corrected chi connectivity index (χ4v) is 1.89. The third-order valence-corrected chi connectivity index (χ3v) is 3.36. The number of carboxylic acid groups (broad SMARTS) is 1. The quantitative estimate of drug-likeness (QED) is 0.823. The van der Waals surface area contributed by atoms with Crippen LogP contribution in [0.2, 0.25) is 0 Å². The minimum Gasteiger partial charge on any atom is -0.481 e. The molecule has 1 unspecified atom stereocenters. The van der Waals surface area contributed by atoms with Crippen LogP contribution >= 0.6 is 12.4 Å². The van der Waals surface area contributed by atoms with E-state index >= 15 is 0 Å². The lowest BCUT2D eigenvalue weighted by Crippen LogP contribution is -2.40. The zero-order valence-electron chi connectivity index (χ0n) is 12.4. The van der Waals surface area contributed by atoms with Gasteiger partial charge in [-0.25, -0.2) is 0 Å². The molecule has 2 N–H and O–H groups in total. The predicted molar refractivity (Wildman–Crippen MR) is 82.8 cm³/mol. The van der Waals surface area contributed by atoms with E-state index in [1.807, 2.05) is 0 Å². The fourth-order valence-electron chi connectivity index (χ4n) is 1.89. The van der Waals surface area contributed by atoms with Crippen molar-refractivity contribution in [1.29, 1.82) is 0 Å². The van der Waals surface area contributed by atoms with E-state index in [9.17, 15) is 9.59 Å². The molecule has 1 aliphatic heterocycles. The van der Waals surface area contributed by atoms with Crippen molar-refractivity contribution in [1.82, 2.24) is 4.90 Å². The number of hydrogen-bond acceptors (Lipinski definition) is 5. The minimum atomic E-state index is -0.884. The van der Waals surface area contributed by atoms with Gasteiger partial charge in [0.15, 0.2) is 11.5 Å². The Morgan fingerprint density at radius 3 is 2.73 bits per heavy atom. The number of likely N-dealkylation sites (N-methyl/N-ethyl adjacent to an activating group) is 1. The lowest BCUT2D eigenvalue weighted by atomic mass is 10.2. The number of nitrogens with one attached hydrogen (secondary N) is 1. The van der Waals surface area contributed by atoms with Gasteiger partial charge in [0.1, 0.15) is 0 Å². The summed E-state index contributed by atoms with van der Waals surface area (Å²) < 4.78 is 10.4. The van der Waals surface area contributed by atoms with Gasteiger partial charge in [0.2, 0.25) is 12.7 Å². The van der Waals surface area contributed by atoms with Crippen LogP contribution in [0.1, 0.15) is 13.3 Å². The van der Waals surface area contributed by atoms with Gasteiger partial charge in [-0.1, -0.05) is 0 Å². The van der Waals surface area contributed by atoms with Crippen molar-refractivity contribution in [3.63, 3.8) is 0 Å². The number of anilines is 1. The molecule has 1 atom stereocenters. The molecule has 122 valence electrons. The highest BCUT2D eigenvalue weighted by atomic mass is 35.5. The molecule has 2 rings (SSSR count). The second-order valence-corrected chi connectivity index (χ2v) is 4.86. The number of fused-ring (bicyclic) bond motifs is 1. The Labute approximate surface area is 134 Å². The summed E-state index contributed by atoms with van der Waals surface area (Å²) in [6, 6.07) is 4.73. The van der Waals surface area contributed by atoms with Gasteiger partial charge in [-0.05, 0) is 26.1 Å². The van der Waals surface area contributed by atoms with E-state index in [1.165, 1.54) is 0 Å². The molecule has 8 heteroatoms. The number of nitrogens with zero attached hydrogens (tertiary/aromatic N) is 1. The maximum Gasteiger partial charge on any atom is 0.304 e. The Morgan fingerprint density at radius 2 is 2.05 bits per heavy atom. The molecule has 22 heavy (non-hydrogen) atoms. The van der Waals surface area contributed by atoms with Crippen molar-refractivity contribution in [2.45, 2.75) is 19.4 Å². The van der Waals surface area contributed by atoms with Crippen molar-refractivity contribution >= 4 is 30.0 Å². The third kappa shape index (κ3) is 4.51. The van der Waals surface area contributed by atoms with Gasteiger partial charge < -0.3 is 19.9 Å². The van der Waals surface area contributed by atoms with Crippen LogP contribution in [0.15, 0.2) is 18.2 Å². The van der Waals surface area contributed by atoms with Crippen LogP contribution in [-0.2, 0) is 9.59 Å². The standard InChI is InChI=1S/C14H18N2O5.ClH/c1-9(16(2)6-5-13(17)18)14(19)15-10-3-4-11-12(7-10)21-8-20-11;/h3-4,7,9H,5-6,8H2,1-2H3,(H,15,19)(H,17,18);1H. The number of rotatable bonds is 6. The second-order valence-electron chi connectivity index (χ2n) is 4.86. The summed E-state index contributed by atoms with van der Waals surface area (Å²) in [5.41, 5.74) is 0.614. The molecule has 0 fully saturated rings. The Morgan fingerprint density at radius 1 is 1.36 bits per heavy atom. The number of carboxylic acids is 1. The van der Waals surface area contributed by atoms with E-state index in [0.29, 0.717) is 23.7 Å². The number of benzene rings is 1. The van der Waals surface area contributed by atoms with Crippen LogP contribution in [0, 0.1) is 0 Å². The van der Waals surface area contributed by atoms with Crippen LogP contribution in [0.25, 0.3) is 0 Å². The minimum absolute atomic E-state index is 0. The lowest BCUT2D eigenvalue weighted by Gasteiger charge is -2.23. The summed E-state index contributed by atoms with van der Waals surface area (Å²) in [4.78, 5) is 24.4. The maximum absolute atomic E-state index is 12.1. The zero-order chi connectivity index (χ0) is 15.4. The first-order valence-electron chi connectivity index (χ1n) is 6.60. The molecule has 0 saturated carbocycles. The lowest BCUT2D eigenvalue weighted by molar-refractivity contribution is -0.137. The van der Waals surface area contributed by atoms with Crippen LogP contribution in [0.5, 0.6) is 11.5 Å². The fraction of sp³-hybridized carbons (Fsp3) is 0.429. The molecule has 0 aliphatic carbocycles. The molecule has 1 amide bonds. The average Bonchev–Trinajstić information content (AvgIpc) is 2.91. The number of hydrogen-bond donors (Lipinski definition) is 2. The van der Waals surface area contributed by atoms with Crippen molar-refractivity contribution in [2.75, 3.05) is 25.7 Å². The third-order valence-electron chi connectivity index (χ3n) is 3.36. The number of amides is 1. The summed E-state index contributed by atoms with van der Waals surface area (Å²) >= 11 is 0. The van der Waals surface area contributed by atoms with Gasteiger partial charge in [-0.3, -0.25) is 14.5 Å². The SMILES string of the molecule is CC(C(=O)Nc1ccc2c(c1)OCO2)N(C)CCC(=O)O.Cl. The topological polar surface area (TPSA) is 88.1 Å². The van der Waals surface area contributed by atoms with Crippen LogP contribution < -0.4 is 14.8 Å². The highest BCUT2D eigenvalue weighted by molar-refractivity contribution is 5.94. The zero-order valence-corrected chi connectivity index (χ0v) is 13.2. The highest BCUT2D eigenvalue weighted by Gasteiger charge is 2.20. The first-order valence-corrected chi connectivity index (χ1v) is 6.60. The molecular formula is C14H19ClN2O5. The summed E-state index contributed by atoms with van der Waals surface area (Å²) in [6.07, 6.45) is -0.00184. The monoisotopic (exact) mass is 330 g/mol. The smallest absolute Gasteiger partial charge is 0.304 e. The van der Waals surface area contributed by atoms with Crippen molar-refractivity contribution in [3.8, 4) is 11.5 Å². The molecule has 1 aliphatic rings. The van der Waals surface area contributed by atoms with E-state index in [0.717, 1.165) is 0 Å². The van der Waals surface area contributed by atoms with Gasteiger partial charge in [-0.2, -0.15) is 0 Å². The molecule has 7 nitrogen and oxygen atoms in total. The summed E-state index contributed by atoms with van der Waals surface area (Å²) in [5.74, 6) is 0.159. The van der Waals surface area contributed by atoms with Gasteiger partial charge in [0.25, 0.3) is 0 Å². The Bertz CT molecular complexity index is 552. The van der Waals surface area contributed by atoms with E-state index in [-0.39, 0.29) is 31.5 Å². The largest absolute Gasteiger partial charge is 0.481 e. The average molecular weight is 331 g/mol. The van der Waals surface area contributed by atoms with Gasteiger partial charge in [-0.15, -0.1) is 12.4 Å². The molecule has 0 radical (unpaired) electrons. The normalized spacial score (nSPS) is 13.4. The van der Waals surface area contributed by atoms with Crippen LogP contribution in [0.4, 0.5) is 5.69 Å². The van der Waals surface area contributed by atoms with Gasteiger partial charge >= 0.3 is 5.97 Å². The molecule has 0 saturated heterocycles. The summed E-state index contributed by atoms with van der Waals surface area (Å²) in [7, 11) is 1.72.